The average molecular weight is 385 g/mol. The van der Waals surface area contributed by atoms with Crippen LogP contribution in [0.5, 0.6) is 11.5 Å². The summed E-state index contributed by atoms with van der Waals surface area (Å²) in [5.41, 5.74) is 1.83. The number of benzene rings is 2. The van der Waals surface area contributed by atoms with Crippen molar-refractivity contribution in [3.63, 3.8) is 0 Å². The van der Waals surface area contributed by atoms with Crippen molar-refractivity contribution in [1.82, 2.24) is 5.32 Å². The Morgan fingerprint density at radius 3 is 2.08 bits per heavy atom. The maximum atomic E-state index is 5.96. The lowest BCUT2D eigenvalue weighted by Gasteiger charge is -2.12. The van der Waals surface area contributed by atoms with Crippen LogP contribution in [0.15, 0.2) is 36.4 Å². The third kappa shape index (κ3) is 5.74. The van der Waals surface area contributed by atoms with E-state index in [0.717, 1.165) is 29.2 Å². The van der Waals surface area contributed by atoms with Crippen molar-refractivity contribution in [1.29, 1.82) is 0 Å². The molecule has 4 nitrogen and oxygen atoms in total. The Kier molecular flexibility index (Phi) is 6.97. The third-order valence-electron chi connectivity index (χ3n) is 3.23. The normalized spacial score (nSPS) is 10.2. The molecule has 2 N–H and O–H groups in total. The molecule has 0 unspecified atom stereocenters. The molecule has 0 aliphatic carbocycles. The maximum absolute atomic E-state index is 5.96. The van der Waals surface area contributed by atoms with Crippen LogP contribution in [0.3, 0.4) is 0 Å². The minimum absolute atomic E-state index is 0.503. The van der Waals surface area contributed by atoms with E-state index in [2.05, 4.69) is 10.6 Å². The van der Waals surface area contributed by atoms with Gasteiger partial charge in [-0.05, 0) is 54.5 Å². The monoisotopic (exact) mass is 384 g/mol. The Morgan fingerprint density at radius 1 is 0.958 bits per heavy atom. The van der Waals surface area contributed by atoms with Crippen molar-refractivity contribution < 1.29 is 9.47 Å². The van der Waals surface area contributed by atoms with E-state index in [1.807, 2.05) is 18.2 Å². The Labute approximate surface area is 157 Å². The van der Waals surface area contributed by atoms with Crippen LogP contribution in [0, 0.1) is 0 Å². The van der Waals surface area contributed by atoms with Gasteiger partial charge in [-0.25, -0.2) is 0 Å². The molecule has 0 saturated carbocycles. The molecule has 24 heavy (non-hydrogen) atoms. The molecule has 0 fully saturated rings. The lowest BCUT2D eigenvalue weighted by Crippen LogP contribution is -2.30. The van der Waals surface area contributed by atoms with Crippen molar-refractivity contribution in [2.24, 2.45) is 0 Å². The highest BCUT2D eigenvalue weighted by Crippen LogP contribution is 2.23. The van der Waals surface area contributed by atoms with Crippen molar-refractivity contribution in [2.45, 2.75) is 6.42 Å². The van der Waals surface area contributed by atoms with Gasteiger partial charge in [0.2, 0.25) is 0 Å². The van der Waals surface area contributed by atoms with Crippen LogP contribution >= 0.6 is 35.4 Å². The number of hydrogen-bond donors (Lipinski definition) is 2. The summed E-state index contributed by atoms with van der Waals surface area (Å²) in [7, 11) is 3.26. The van der Waals surface area contributed by atoms with Gasteiger partial charge >= 0.3 is 0 Å². The zero-order valence-electron chi connectivity index (χ0n) is 13.4. The first kappa shape index (κ1) is 18.6. The first-order valence-corrected chi connectivity index (χ1v) is 8.39. The van der Waals surface area contributed by atoms with Gasteiger partial charge in [0.1, 0.15) is 11.5 Å². The molecule has 0 radical (unpaired) electrons. The predicted molar refractivity (Wildman–Crippen MR) is 104 cm³/mol. The zero-order chi connectivity index (χ0) is 17.5. The summed E-state index contributed by atoms with van der Waals surface area (Å²) >= 11 is 17.2. The number of hydrogen-bond acceptors (Lipinski definition) is 3. The van der Waals surface area contributed by atoms with Crippen LogP contribution in [0.1, 0.15) is 5.56 Å². The molecule has 2 aromatic rings. The highest BCUT2D eigenvalue weighted by Gasteiger charge is 2.04. The van der Waals surface area contributed by atoms with Gasteiger partial charge in [-0.15, -0.1) is 0 Å². The number of halogens is 2. The summed E-state index contributed by atoms with van der Waals surface area (Å²) in [5, 5.41) is 7.81. The second-order valence-electron chi connectivity index (χ2n) is 5.01. The summed E-state index contributed by atoms with van der Waals surface area (Å²) in [5.74, 6) is 1.53. The van der Waals surface area contributed by atoms with Gasteiger partial charge in [0.15, 0.2) is 5.11 Å². The van der Waals surface area contributed by atoms with Crippen LogP contribution in [0.25, 0.3) is 0 Å². The minimum Gasteiger partial charge on any atom is -0.497 e. The fraction of sp³-hybridized carbons (Fsp3) is 0.235. The van der Waals surface area contributed by atoms with Crippen molar-refractivity contribution in [3.8, 4) is 11.5 Å². The standard InChI is InChI=1S/C17H18Cl2N2O2S/c1-22-15-5-11(6-16(10-15)23-2)3-4-20-17(24)21-14-8-12(18)7-13(19)9-14/h5-10H,3-4H2,1-2H3,(H2,20,21,24). The Bertz CT molecular complexity index is 683. The first-order chi connectivity index (χ1) is 11.5. The molecule has 0 amide bonds. The topological polar surface area (TPSA) is 42.5 Å². The fourth-order valence-corrected chi connectivity index (χ4v) is 2.88. The van der Waals surface area contributed by atoms with E-state index in [9.17, 15) is 0 Å². The van der Waals surface area contributed by atoms with E-state index < -0.39 is 0 Å². The van der Waals surface area contributed by atoms with Crippen LogP contribution in [-0.2, 0) is 6.42 Å². The van der Waals surface area contributed by atoms with E-state index in [1.54, 1.807) is 32.4 Å². The molecule has 2 rings (SSSR count). The van der Waals surface area contributed by atoms with E-state index in [1.165, 1.54) is 0 Å². The predicted octanol–water partition coefficient (Wildman–Crippen LogP) is 4.54. The van der Waals surface area contributed by atoms with Gasteiger partial charge in [0, 0.05) is 28.3 Å². The highest BCUT2D eigenvalue weighted by atomic mass is 35.5. The molecule has 0 atom stereocenters. The molecule has 0 bridgehead atoms. The summed E-state index contributed by atoms with van der Waals surface area (Å²) in [6.45, 7) is 0.663. The van der Waals surface area contributed by atoms with Crippen LogP contribution in [0.4, 0.5) is 5.69 Å². The molecule has 0 aliphatic rings. The molecular formula is C17H18Cl2N2O2S. The van der Waals surface area contributed by atoms with Gasteiger partial charge in [-0.2, -0.15) is 0 Å². The van der Waals surface area contributed by atoms with Crippen LogP contribution in [-0.4, -0.2) is 25.9 Å². The Balaban J connectivity index is 1.88. The second-order valence-corrected chi connectivity index (χ2v) is 6.29. The van der Waals surface area contributed by atoms with Crippen LogP contribution < -0.4 is 20.1 Å². The molecule has 7 heteroatoms. The van der Waals surface area contributed by atoms with E-state index in [4.69, 9.17) is 44.9 Å². The van der Waals surface area contributed by atoms with E-state index >= 15 is 0 Å². The molecular weight excluding hydrogens is 367 g/mol. The number of ether oxygens (including phenoxy) is 2. The first-order valence-electron chi connectivity index (χ1n) is 7.23. The summed E-state index contributed by atoms with van der Waals surface area (Å²) in [6, 6.07) is 11.0. The summed E-state index contributed by atoms with van der Waals surface area (Å²) < 4.78 is 10.5. The number of rotatable bonds is 6. The van der Waals surface area contributed by atoms with Crippen molar-refractivity contribution >= 4 is 46.2 Å². The third-order valence-corrected chi connectivity index (χ3v) is 3.91. The van der Waals surface area contributed by atoms with Crippen LogP contribution in [0.2, 0.25) is 10.0 Å². The van der Waals surface area contributed by atoms with Crippen molar-refractivity contribution in [3.05, 3.63) is 52.0 Å². The molecule has 2 aromatic carbocycles. The summed E-state index contributed by atoms with van der Waals surface area (Å²) in [4.78, 5) is 0. The Hall–Kier alpha value is -1.69. The largest absolute Gasteiger partial charge is 0.497 e. The molecule has 0 aromatic heterocycles. The van der Waals surface area contributed by atoms with E-state index in [0.29, 0.717) is 21.7 Å². The smallest absolute Gasteiger partial charge is 0.170 e. The number of anilines is 1. The second kappa shape index (κ2) is 8.97. The lowest BCUT2D eigenvalue weighted by molar-refractivity contribution is 0.393. The van der Waals surface area contributed by atoms with Gasteiger partial charge in [0.05, 0.1) is 14.2 Å². The van der Waals surface area contributed by atoms with Gasteiger partial charge < -0.3 is 20.1 Å². The zero-order valence-corrected chi connectivity index (χ0v) is 15.7. The molecule has 0 aliphatic heterocycles. The number of nitrogens with one attached hydrogen (secondary N) is 2. The van der Waals surface area contributed by atoms with Gasteiger partial charge in [-0.1, -0.05) is 23.2 Å². The quantitative estimate of drug-likeness (QED) is 0.715. The van der Waals surface area contributed by atoms with Gasteiger partial charge in [-0.3, -0.25) is 0 Å². The molecule has 0 heterocycles. The van der Waals surface area contributed by atoms with Gasteiger partial charge in [0.25, 0.3) is 0 Å². The Morgan fingerprint density at radius 2 is 1.54 bits per heavy atom. The molecule has 0 spiro atoms. The van der Waals surface area contributed by atoms with Crippen molar-refractivity contribution in [2.75, 3.05) is 26.1 Å². The molecule has 128 valence electrons. The maximum Gasteiger partial charge on any atom is 0.170 e. The number of methoxy groups -OCH3 is 2. The molecule has 0 saturated heterocycles. The average Bonchev–Trinajstić information content (AvgIpc) is 2.53. The SMILES string of the molecule is COc1cc(CCNC(=S)Nc2cc(Cl)cc(Cl)c2)cc(OC)c1. The number of thiocarbonyl (C=S) groups is 1. The van der Waals surface area contributed by atoms with E-state index in [-0.39, 0.29) is 0 Å². The fourth-order valence-electron chi connectivity index (χ4n) is 2.13. The summed E-state index contributed by atoms with van der Waals surface area (Å²) in [6.07, 6.45) is 0.770. The lowest BCUT2D eigenvalue weighted by atomic mass is 10.1. The minimum atomic E-state index is 0.503. The highest BCUT2D eigenvalue weighted by molar-refractivity contribution is 7.80.